The molecule has 1 aromatic rings. The van der Waals surface area contributed by atoms with E-state index in [1.807, 2.05) is 18.7 Å². The van der Waals surface area contributed by atoms with Gasteiger partial charge < -0.3 is 4.90 Å². The second-order valence-electron chi connectivity index (χ2n) is 6.10. The lowest BCUT2D eigenvalue weighted by molar-refractivity contribution is 0.0536. The first-order valence-corrected chi connectivity index (χ1v) is 7.40. The van der Waals surface area contributed by atoms with Gasteiger partial charge >= 0.3 is 0 Å². The largest absolute Gasteiger partial charge is 0.333 e. The summed E-state index contributed by atoms with van der Waals surface area (Å²) in [5.74, 6) is 2.13. The van der Waals surface area contributed by atoms with Crippen LogP contribution in [0.25, 0.3) is 0 Å². The number of fused-ring (bicyclic) bond motifs is 1. The maximum atomic E-state index is 12.6. The number of likely N-dealkylation sites (tertiary alicyclic amines) is 1. The van der Waals surface area contributed by atoms with Gasteiger partial charge in [-0.05, 0) is 31.6 Å². The van der Waals surface area contributed by atoms with E-state index in [2.05, 4.69) is 15.2 Å². The zero-order valence-electron chi connectivity index (χ0n) is 11.7. The maximum Gasteiger partial charge on any atom is 0.293 e. The van der Waals surface area contributed by atoms with Gasteiger partial charge in [-0.15, -0.1) is 5.10 Å². The Labute approximate surface area is 113 Å². The predicted octanol–water partition coefficient (Wildman–Crippen LogP) is 2.33. The van der Waals surface area contributed by atoms with Crippen molar-refractivity contribution in [3.63, 3.8) is 0 Å². The number of nitrogens with zero attached hydrogens (tertiary/aromatic N) is 3. The molecule has 0 spiro atoms. The molecule has 2 atom stereocenters. The molecule has 0 aromatic carbocycles. The van der Waals surface area contributed by atoms with E-state index in [-0.39, 0.29) is 11.8 Å². The number of carbonyl (C=O) groups excluding carboxylic acids is 1. The summed E-state index contributed by atoms with van der Waals surface area (Å²) in [6.45, 7) is 4.96. The molecule has 1 aliphatic carbocycles. The zero-order chi connectivity index (χ0) is 13.4. The summed E-state index contributed by atoms with van der Waals surface area (Å²) in [5, 5.41) is 6.98. The fraction of sp³-hybridized carbons (Fsp3) is 0.786. The normalized spacial score (nSPS) is 26.8. The highest BCUT2D eigenvalue weighted by molar-refractivity contribution is 5.90. The summed E-state index contributed by atoms with van der Waals surface area (Å²) < 4.78 is 0. The Kier molecular flexibility index (Phi) is 3.29. The number of hydrogen-bond donors (Lipinski definition) is 1. The first-order chi connectivity index (χ1) is 9.16. The number of H-pyrrole nitrogens is 1. The Morgan fingerprint density at radius 1 is 1.32 bits per heavy atom. The predicted molar refractivity (Wildman–Crippen MR) is 71.9 cm³/mol. The number of amides is 1. The second-order valence-corrected chi connectivity index (χ2v) is 6.10. The van der Waals surface area contributed by atoms with Crippen LogP contribution in [0.15, 0.2) is 0 Å². The van der Waals surface area contributed by atoms with Gasteiger partial charge in [-0.25, -0.2) is 4.98 Å². The standard InChI is InChI=1S/C14H22N4O/c1-9(2)12-15-13(17-16-12)14(19)18-8-4-6-10-5-3-7-11(10)18/h9-11H,3-8H2,1-2H3,(H,15,16,17). The van der Waals surface area contributed by atoms with Gasteiger partial charge in [-0.3, -0.25) is 9.89 Å². The third kappa shape index (κ3) is 2.26. The van der Waals surface area contributed by atoms with Crippen LogP contribution in [0.3, 0.4) is 0 Å². The number of carbonyl (C=O) groups is 1. The number of piperidine rings is 1. The lowest BCUT2D eigenvalue weighted by Crippen LogP contribution is -2.46. The molecule has 5 nitrogen and oxygen atoms in total. The molecular formula is C14H22N4O. The van der Waals surface area contributed by atoms with Crippen LogP contribution in [-0.4, -0.2) is 38.6 Å². The van der Waals surface area contributed by atoms with E-state index in [1.54, 1.807) is 0 Å². The van der Waals surface area contributed by atoms with E-state index in [0.717, 1.165) is 25.2 Å². The maximum absolute atomic E-state index is 12.6. The number of rotatable bonds is 2. The lowest BCUT2D eigenvalue weighted by atomic mass is 9.92. The van der Waals surface area contributed by atoms with Crippen LogP contribution in [-0.2, 0) is 0 Å². The number of hydrogen-bond acceptors (Lipinski definition) is 3. The van der Waals surface area contributed by atoms with E-state index in [4.69, 9.17) is 0 Å². The monoisotopic (exact) mass is 262 g/mol. The van der Waals surface area contributed by atoms with Gasteiger partial charge in [0.05, 0.1) is 0 Å². The Hall–Kier alpha value is -1.39. The molecular weight excluding hydrogens is 240 g/mol. The van der Waals surface area contributed by atoms with E-state index >= 15 is 0 Å². The molecule has 2 unspecified atom stereocenters. The molecule has 5 heteroatoms. The van der Waals surface area contributed by atoms with Gasteiger partial charge in [0.25, 0.3) is 5.91 Å². The molecule has 2 fully saturated rings. The molecule has 19 heavy (non-hydrogen) atoms. The molecule has 3 rings (SSSR count). The summed E-state index contributed by atoms with van der Waals surface area (Å²) >= 11 is 0. The molecule has 1 saturated carbocycles. The molecule has 1 N–H and O–H groups in total. The molecule has 0 bridgehead atoms. The Morgan fingerprint density at radius 3 is 2.84 bits per heavy atom. The van der Waals surface area contributed by atoms with E-state index in [0.29, 0.717) is 17.8 Å². The Bertz CT molecular complexity index is 468. The molecule has 104 valence electrons. The summed E-state index contributed by atoms with van der Waals surface area (Å²) in [4.78, 5) is 18.9. The molecule has 1 saturated heterocycles. The smallest absolute Gasteiger partial charge is 0.293 e. The van der Waals surface area contributed by atoms with Crippen LogP contribution in [0.4, 0.5) is 0 Å². The topological polar surface area (TPSA) is 61.9 Å². The molecule has 0 radical (unpaired) electrons. The van der Waals surface area contributed by atoms with Gasteiger partial charge in [0.2, 0.25) is 5.82 Å². The van der Waals surface area contributed by atoms with Gasteiger partial charge in [0.15, 0.2) is 0 Å². The van der Waals surface area contributed by atoms with Gasteiger partial charge in [0.1, 0.15) is 5.82 Å². The fourth-order valence-electron chi connectivity index (χ4n) is 3.46. The van der Waals surface area contributed by atoms with Crippen molar-refractivity contribution in [1.29, 1.82) is 0 Å². The molecule has 1 amide bonds. The Morgan fingerprint density at radius 2 is 2.11 bits per heavy atom. The quantitative estimate of drug-likeness (QED) is 0.889. The molecule has 2 aliphatic rings. The first kappa shape index (κ1) is 12.6. The third-order valence-electron chi connectivity index (χ3n) is 4.49. The van der Waals surface area contributed by atoms with E-state index in [9.17, 15) is 4.79 Å². The van der Waals surface area contributed by atoms with Crippen molar-refractivity contribution in [2.45, 2.75) is 57.9 Å². The number of nitrogens with one attached hydrogen (secondary N) is 1. The van der Waals surface area contributed by atoms with E-state index < -0.39 is 0 Å². The van der Waals surface area contributed by atoms with Crippen molar-refractivity contribution >= 4 is 5.91 Å². The summed E-state index contributed by atoms with van der Waals surface area (Å²) in [6, 6.07) is 0.433. The fourth-order valence-corrected chi connectivity index (χ4v) is 3.46. The van der Waals surface area contributed by atoms with Crippen LogP contribution >= 0.6 is 0 Å². The van der Waals surface area contributed by atoms with Crippen molar-refractivity contribution in [3.8, 4) is 0 Å². The van der Waals surface area contributed by atoms with Gasteiger partial charge in [0, 0.05) is 18.5 Å². The minimum absolute atomic E-state index is 0.0137. The Balaban J connectivity index is 1.78. The highest BCUT2D eigenvalue weighted by atomic mass is 16.2. The second kappa shape index (κ2) is 4.94. The van der Waals surface area contributed by atoms with Crippen molar-refractivity contribution in [1.82, 2.24) is 20.1 Å². The molecule has 1 aromatic heterocycles. The van der Waals surface area contributed by atoms with Crippen molar-refractivity contribution in [2.24, 2.45) is 5.92 Å². The van der Waals surface area contributed by atoms with Crippen LogP contribution in [0.5, 0.6) is 0 Å². The van der Waals surface area contributed by atoms with Gasteiger partial charge in [-0.2, -0.15) is 0 Å². The van der Waals surface area contributed by atoms with Crippen molar-refractivity contribution in [3.05, 3.63) is 11.6 Å². The van der Waals surface area contributed by atoms with Crippen molar-refractivity contribution in [2.75, 3.05) is 6.54 Å². The van der Waals surface area contributed by atoms with Crippen LogP contribution < -0.4 is 0 Å². The van der Waals surface area contributed by atoms with Crippen molar-refractivity contribution < 1.29 is 4.79 Å². The zero-order valence-corrected chi connectivity index (χ0v) is 11.7. The average Bonchev–Trinajstić information content (AvgIpc) is 3.06. The molecule has 1 aliphatic heterocycles. The van der Waals surface area contributed by atoms with Crippen LogP contribution in [0, 0.1) is 5.92 Å². The summed E-state index contributed by atoms with van der Waals surface area (Å²) in [5.41, 5.74) is 0. The van der Waals surface area contributed by atoms with E-state index in [1.165, 1.54) is 19.3 Å². The summed E-state index contributed by atoms with van der Waals surface area (Å²) in [6.07, 6.45) is 6.08. The highest BCUT2D eigenvalue weighted by Crippen LogP contribution is 2.37. The molecule has 2 heterocycles. The first-order valence-electron chi connectivity index (χ1n) is 7.40. The van der Waals surface area contributed by atoms with Crippen LogP contribution in [0.1, 0.15) is 68.3 Å². The van der Waals surface area contributed by atoms with Crippen LogP contribution in [0.2, 0.25) is 0 Å². The number of aromatic nitrogens is 3. The highest BCUT2D eigenvalue weighted by Gasteiger charge is 2.38. The minimum Gasteiger partial charge on any atom is -0.333 e. The lowest BCUT2D eigenvalue weighted by Gasteiger charge is -2.37. The summed E-state index contributed by atoms with van der Waals surface area (Å²) in [7, 11) is 0. The number of aromatic amines is 1. The SMILES string of the molecule is CC(C)c1nc(C(=O)N2CCCC3CCCC32)n[nH]1. The van der Waals surface area contributed by atoms with Gasteiger partial charge in [-0.1, -0.05) is 20.3 Å². The third-order valence-corrected chi connectivity index (χ3v) is 4.49. The minimum atomic E-state index is 0.0137. The average molecular weight is 262 g/mol.